The molecule has 140 valence electrons. The van der Waals surface area contributed by atoms with Crippen LogP contribution >= 0.6 is 11.3 Å². The summed E-state index contributed by atoms with van der Waals surface area (Å²) in [5.74, 6) is -2.08. The Balaban J connectivity index is 1.92. The second-order valence-electron chi connectivity index (χ2n) is 7.90. The summed E-state index contributed by atoms with van der Waals surface area (Å²) >= 11 is 1.51. The summed E-state index contributed by atoms with van der Waals surface area (Å²) < 4.78 is 27.9. The highest BCUT2D eigenvalue weighted by Gasteiger charge is 2.45. The van der Waals surface area contributed by atoms with Crippen LogP contribution < -0.4 is 4.90 Å². The number of carbonyl (C=O) groups excluding carboxylic acids is 2. The highest BCUT2D eigenvalue weighted by molar-refractivity contribution is 7.10. The van der Waals surface area contributed by atoms with E-state index >= 15 is 0 Å². The number of nitrogens with zero attached hydrogens (tertiary/aromatic N) is 1. The molecule has 3 nitrogen and oxygen atoms in total. The smallest absolute Gasteiger partial charge is 0.232 e. The fourth-order valence-electron chi connectivity index (χ4n) is 4.09. The molecule has 1 unspecified atom stereocenters. The lowest BCUT2D eigenvalue weighted by molar-refractivity contribution is -0.121. The van der Waals surface area contributed by atoms with Crippen molar-refractivity contribution in [2.24, 2.45) is 5.41 Å². The topological polar surface area (TPSA) is 37.4 Å². The summed E-state index contributed by atoms with van der Waals surface area (Å²) in [6.07, 6.45) is 0.975. The number of hydrogen-bond donors (Lipinski definition) is 0. The first-order valence-electron chi connectivity index (χ1n) is 8.84. The molecular formula is C21H19F2NO2S. The van der Waals surface area contributed by atoms with Crippen LogP contribution in [0.1, 0.15) is 43.9 Å². The second-order valence-corrected chi connectivity index (χ2v) is 8.88. The molecule has 0 bridgehead atoms. The minimum absolute atomic E-state index is 0.000306. The molecule has 1 aromatic carbocycles. The lowest BCUT2D eigenvalue weighted by Crippen LogP contribution is -2.44. The highest BCUT2D eigenvalue weighted by atomic mass is 32.1. The highest BCUT2D eigenvalue weighted by Crippen LogP contribution is 2.49. The Bertz CT molecular complexity index is 963. The fourth-order valence-corrected chi connectivity index (χ4v) is 4.93. The standard InChI is InChI=1S/C21H19F2NO2S/c1-21(2)10-16-20(17(25)11-21)13(18-4-3-7-27-18)9-19(26)24(16)15-6-5-12(22)8-14(15)23/h3-8,13H,9-11H2,1-2H3. The molecule has 0 fully saturated rings. The molecule has 27 heavy (non-hydrogen) atoms. The molecule has 1 amide bonds. The van der Waals surface area contributed by atoms with Crippen molar-refractivity contribution in [1.82, 2.24) is 0 Å². The zero-order valence-electron chi connectivity index (χ0n) is 15.1. The Morgan fingerprint density at radius 1 is 1.15 bits per heavy atom. The Morgan fingerprint density at radius 2 is 1.93 bits per heavy atom. The van der Waals surface area contributed by atoms with Crippen molar-refractivity contribution in [2.75, 3.05) is 4.90 Å². The molecule has 0 saturated heterocycles. The number of thiophene rings is 1. The number of amides is 1. The minimum atomic E-state index is -0.805. The number of hydrogen-bond acceptors (Lipinski definition) is 3. The molecule has 2 aliphatic rings. The monoisotopic (exact) mass is 387 g/mol. The molecule has 2 heterocycles. The maximum Gasteiger partial charge on any atom is 0.232 e. The van der Waals surface area contributed by atoms with E-state index in [1.165, 1.54) is 22.3 Å². The first-order chi connectivity index (χ1) is 12.8. The van der Waals surface area contributed by atoms with Crippen molar-refractivity contribution in [3.8, 4) is 0 Å². The minimum Gasteiger partial charge on any atom is -0.294 e. The van der Waals surface area contributed by atoms with Gasteiger partial charge in [0.05, 0.1) is 5.69 Å². The molecular weight excluding hydrogens is 368 g/mol. The molecule has 0 N–H and O–H groups in total. The maximum atomic E-state index is 14.5. The van der Waals surface area contributed by atoms with Gasteiger partial charge in [0.15, 0.2) is 5.78 Å². The first kappa shape index (κ1) is 18.0. The Hall–Kier alpha value is -2.34. The Labute approximate surface area is 160 Å². The van der Waals surface area contributed by atoms with E-state index in [4.69, 9.17) is 0 Å². The maximum absolute atomic E-state index is 14.5. The number of Topliss-reactive ketones (excluding diaryl/α,β-unsaturated/α-hetero) is 1. The lowest BCUT2D eigenvalue weighted by atomic mass is 9.70. The van der Waals surface area contributed by atoms with Crippen LogP contribution in [-0.2, 0) is 9.59 Å². The van der Waals surface area contributed by atoms with Crippen LogP contribution in [0.4, 0.5) is 14.5 Å². The predicted molar refractivity (Wildman–Crippen MR) is 101 cm³/mol. The van der Waals surface area contributed by atoms with Crippen LogP contribution in [0, 0.1) is 17.0 Å². The van der Waals surface area contributed by atoms with Crippen LogP contribution in [0.25, 0.3) is 0 Å². The third-order valence-electron chi connectivity index (χ3n) is 5.18. The summed E-state index contributed by atoms with van der Waals surface area (Å²) in [5, 5.41) is 1.92. The zero-order chi connectivity index (χ0) is 19.3. The van der Waals surface area contributed by atoms with Gasteiger partial charge in [0.2, 0.25) is 5.91 Å². The number of anilines is 1. The van der Waals surface area contributed by atoms with Gasteiger partial charge < -0.3 is 0 Å². The molecule has 1 aliphatic carbocycles. The second kappa shape index (κ2) is 6.37. The fraction of sp³-hybridized carbons (Fsp3) is 0.333. The molecule has 1 atom stereocenters. The molecule has 0 radical (unpaired) electrons. The lowest BCUT2D eigenvalue weighted by Gasteiger charge is -2.42. The van der Waals surface area contributed by atoms with Crippen LogP contribution in [0.2, 0.25) is 0 Å². The largest absolute Gasteiger partial charge is 0.294 e. The summed E-state index contributed by atoms with van der Waals surface area (Å²) in [7, 11) is 0. The van der Waals surface area contributed by atoms with E-state index < -0.39 is 11.6 Å². The van der Waals surface area contributed by atoms with Crippen LogP contribution in [0.3, 0.4) is 0 Å². The van der Waals surface area contributed by atoms with Gasteiger partial charge in [-0.15, -0.1) is 11.3 Å². The van der Waals surface area contributed by atoms with Gasteiger partial charge in [0, 0.05) is 41.0 Å². The van der Waals surface area contributed by atoms with Crippen molar-refractivity contribution in [1.29, 1.82) is 0 Å². The van der Waals surface area contributed by atoms with Crippen LogP contribution in [-0.4, -0.2) is 11.7 Å². The summed E-state index contributed by atoms with van der Waals surface area (Å²) in [4.78, 5) is 28.3. The van der Waals surface area contributed by atoms with Crippen LogP contribution in [0.5, 0.6) is 0 Å². The van der Waals surface area contributed by atoms with Gasteiger partial charge in [0.25, 0.3) is 0 Å². The molecule has 4 rings (SSSR count). The Kier molecular flexibility index (Phi) is 4.26. The molecule has 1 aliphatic heterocycles. The average Bonchev–Trinajstić information content (AvgIpc) is 3.08. The van der Waals surface area contributed by atoms with Gasteiger partial charge >= 0.3 is 0 Å². The third-order valence-corrected chi connectivity index (χ3v) is 6.17. The molecule has 0 saturated carbocycles. The summed E-state index contributed by atoms with van der Waals surface area (Å²) in [6.45, 7) is 3.93. The van der Waals surface area contributed by atoms with Gasteiger partial charge in [-0.1, -0.05) is 19.9 Å². The number of allylic oxidation sites excluding steroid dienone is 2. The normalized spacial score (nSPS) is 22.2. The summed E-state index contributed by atoms with van der Waals surface area (Å²) in [6, 6.07) is 6.99. The van der Waals surface area contributed by atoms with Crippen molar-refractivity contribution in [2.45, 2.75) is 39.0 Å². The van der Waals surface area contributed by atoms with E-state index in [0.29, 0.717) is 24.1 Å². The van der Waals surface area contributed by atoms with Gasteiger partial charge in [-0.2, -0.15) is 0 Å². The molecule has 0 spiro atoms. The SMILES string of the molecule is CC1(C)CC(=O)C2=C(C1)N(c1ccc(F)cc1F)C(=O)CC2c1cccs1. The third kappa shape index (κ3) is 3.12. The number of ketones is 1. The predicted octanol–water partition coefficient (Wildman–Crippen LogP) is 5.19. The van der Waals surface area contributed by atoms with Crippen molar-refractivity contribution < 1.29 is 18.4 Å². The number of benzene rings is 1. The van der Waals surface area contributed by atoms with Crippen molar-refractivity contribution in [3.05, 3.63) is 63.5 Å². The quantitative estimate of drug-likeness (QED) is 0.711. The average molecular weight is 387 g/mol. The molecule has 2 aromatic rings. The van der Waals surface area contributed by atoms with Crippen molar-refractivity contribution >= 4 is 28.7 Å². The van der Waals surface area contributed by atoms with E-state index in [1.807, 2.05) is 31.4 Å². The van der Waals surface area contributed by atoms with Gasteiger partial charge in [-0.3, -0.25) is 14.5 Å². The molecule has 1 aromatic heterocycles. The van der Waals surface area contributed by atoms with Gasteiger partial charge in [-0.05, 0) is 35.4 Å². The molecule has 6 heteroatoms. The van der Waals surface area contributed by atoms with E-state index in [0.717, 1.165) is 17.0 Å². The number of rotatable bonds is 2. The first-order valence-corrected chi connectivity index (χ1v) is 9.72. The van der Waals surface area contributed by atoms with Crippen LogP contribution in [0.15, 0.2) is 47.0 Å². The number of carbonyl (C=O) groups is 2. The van der Waals surface area contributed by atoms with E-state index in [2.05, 4.69) is 0 Å². The van der Waals surface area contributed by atoms with Crippen molar-refractivity contribution in [3.63, 3.8) is 0 Å². The summed E-state index contributed by atoms with van der Waals surface area (Å²) in [5.41, 5.74) is 0.822. The van der Waals surface area contributed by atoms with E-state index in [1.54, 1.807) is 0 Å². The zero-order valence-corrected chi connectivity index (χ0v) is 15.9. The van der Waals surface area contributed by atoms with Gasteiger partial charge in [0.1, 0.15) is 11.6 Å². The number of halogens is 2. The van der Waals surface area contributed by atoms with E-state index in [-0.39, 0.29) is 35.1 Å². The Morgan fingerprint density at radius 3 is 2.59 bits per heavy atom. The van der Waals surface area contributed by atoms with E-state index in [9.17, 15) is 18.4 Å². The van der Waals surface area contributed by atoms with Gasteiger partial charge in [-0.25, -0.2) is 8.78 Å².